The molecule has 1 N–H and O–H groups in total. The summed E-state index contributed by atoms with van der Waals surface area (Å²) in [6, 6.07) is 6.38. The Morgan fingerprint density at radius 2 is 2.22 bits per heavy atom. The van der Waals surface area contributed by atoms with Gasteiger partial charge in [0.25, 0.3) is 0 Å². The third-order valence-corrected chi connectivity index (χ3v) is 3.93. The lowest BCUT2D eigenvalue weighted by Gasteiger charge is -2.37. The minimum Gasteiger partial charge on any atom is -0.439 e. The van der Waals surface area contributed by atoms with Crippen LogP contribution in [-0.2, 0) is 0 Å². The van der Waals surface area contributed by atoms with E-state index in [9.17, 15) is 0 Å². The summed E-state index contributed by atoms with van der Waals surface area (Å²) in [6.07, 6.45) is 2.44. The zero-order valence-corrected chi connectivity index (χ0v) is 11.3. The van der Waals surface area contributed by atoms with E-state index in [1.807, 2.05) is 6.07 Å². The molecule has 1 saturated heterocycles. The van der Waals surface area contributed by atoms with E-state index in [4.69, 9.17) is 4.42 Å². The average molecular weight is 244 g/mol. The fourth-order valence-corrected chi connectivity index (χ4v) is 2.81. The second kappa shape index (κ2) is 4.09. The Kier molecular flexibility index (Phi) is 2.67. The van der Waals surface area contributed by atoms with Gasteiger partial charge in [-0.25, -0.2) is 4.98 Å². The molecule has 1 unspecified atom stereocenters. The van der Waals surface area contributed by atoms with E-state index in [1.165, 1.54) is 18.4 Å². The highest BCUT2D eigenvalue weighted by atomic mass is 16.3. The van der Waals surface area contributed by atoms with E-state index in [0.29, 0.717) is 0 Å². The summed E-state index contributed by atoms with van der Waals surface area (Å²) >= 11 is 0. The molecule has 96 valence electrons. The predicted molar refractivity (Wildman–Crippen MR) is 72.5 cm³/mol. The minimum absolute atomic E-state index is 0.203. The first-order valence-electron chi connectivity index (χ1n) is 6.67. The van der Waals surface area contributed by atoms with Crippen LogP contribution < -0.4 is 5.32 Å². The number of nitrogens with one attached hydrogen (secondary N) is 1. The Hall–Kier alpha value is -1.35. The Morgan fingerprint density at radius 3 is 3.00 bits per heavy atom. The molecular formula is C15H20N2O. The van der Waals surface area contributed by atoms with Gasteiger partial charge in [-0.05, 0) is 49.4 Å². The van der Waals surface area contributed by atoms with Crippen molar-refractivity contribution < 1.29 is 4.42 Å². The summed E-state index contributed by atoms with van der Waals surface area (Å²) in [5, 5.41) is 3.54. The molecule has 3 heteroatoms. The van der Waals surface area contributed by atoms with Crippen molar-refractivity contribution in [3.05, 3.63) is 29.7 Å². The van der Waals surface area contributed by atoms with Crippen LogP contribution in [0.15, 0.2) is 22.6 Å². The normalized spacial score (nSPS) is 23.4. The van der Waals surface area contributed by atoms with Crippen molar-refractivity contribution in [1.82, 2.24) is 10.3 Å². The predicted octanol–water partition coefficient (Wildman–Crippen LogP) is 3.59. The van der Waals surface area contributed by atoms with Crippen LogP contribution in [0.5, 0.6) is 0 Å². The second-order valence-electron chi connectivity index (χ2n) is 6.00. The van der Waals surface area contributed by atoms with Crippen LogP contribution in [-0.4, -0.2) is 11.5 Å². The largest absolute Gasteiger partial charge is 0.439 e. The van der Waals surface area contributed by atoms with Gasteiger partial charge in [0.2, 0.25) is 5.89 Å². The van der Waals surface area contributed by atoms with Crippen molar-refractivity contribution in [3.8, 4) is 0 Å². The Morgan fingerprint density at radius 1 is 1.39 bits per heavy atom. The van der Waals surface area contributed by atoms with Crippen molar-refractivity contribution in [2.75, 3.05) is 6.54 Å². The Labute approximate surface area is 108 Å². The molecule has 1 fully saturated rings. The highest BCUT2D eigenvalue weighted by molar-refractivity contribution is 5.73. The maximum Gasteiger partial charge on any atom is 0.213 e. The van der Waals surface area contributed by atoms with Crippen molar-refractivity contribution in [2.24, 2.45) is 5.41 Å². The maximum atomic E-state index is 5.92. The second-order valence-corrected chi connectivity index (χ2v) is 6.00. The molecule has 0 spiro atoms. The van der Waals surface area contributed by atoms with Gasteiger partial charge in [0.05, 0.1) is 6.04 Å². The van der Waals surface area contributed by atoms with Crippen LogP contribution in [0.25, 0.3) is 11.1 Å². The molecule has 3 nitrogen and oxygen atoms in total. The molecule has 0 bridgehead atoms. The standard InChI is InChI=1S/C15H20N2O/c1-10-5-6-12-11(9-10)17-14(18-12)13-15(2,3)7-4-8-16-13/h5-6,9,13,16H,4,7-8H2,1-3H3. The summed E-state index contributed by atoms with van der Waals surface area (Å²) in [5.41, 5.74) is 3.28. The quantitative estimate of drug-likeness (QED) is 0.833. The van der Waals surface area contributed by atoms with Gasteiger partial charge < -0.3 is 9.73 Å². The molecule has 1 aliphatic rings. The van der Waals surface area contributed by atoms with Gasteiger partial charge in [-0.3, -0.25) is 0 Å². The SMILES string of the molecule is Cc1ccc2oc(C3NCCCC3(C)C)nc2c1. The van der Waals surface area contributed by atoms with Gasteiger partial charge in [-0.2, -0.15) is 0 Å². The van der Waals surface area contributed by atoms with Gasteiger partial charge in [0, 0.05) is 0 Å². The van der Waals surface area contributed by atoms with Crippen LogP contribution in [0, 0.1) is 12.3 Å². The Balaban J connectivity index is 2.03. The first-order chi connectivity index (χ1) is 8.56. The first kappa shape index (κ1) is 11.7. The van der Waals surface area contributed by atoms with Gasteiger partial charge in [0.1, 0.15) is 5.52 Å². The smallest absolute Gasteiger partial charge is 0.213 e. The van der Waals surface area contributed by atoms with Crippen molar-refractivity contribution in [3.63, 3.8) is 0 Å². The summed E-state index contributed by atoms with van der Waals surface area (Å²) in [5.74, 6) is 0.834. The molecule has 2 aromatic rings. The molecule has 2 heterocycles. The molecular weight excluding hydrogens is 224 g/mol. The number of nitrogens with zero attached hydrogens (tertiary/aromatic N) is 1. The number of aryl methyl sites for hydroxylation is 1. The summed E-state index contributed by atoms with van der Waals surface area (Å²) in [6.45, 7) is 7.69. The monoisotopic (exact) mass is 244 g/mol. The van der Waals surface area contributed by atoms with Crippen LogP contribution in [0.1, 0.15) is 44.2 Å². The fraction of sp³-hybridized carbons (Fsp3) is 0.533. The lowest BCUT2D eigenvalue weighted by atomic mass is 9.77. The number of benzene rings is 1. The number of hydrogen-bond donors (Lipinski definition) is 1. The van der Waals surface area contributed by atoms with E-state index in [1.54, 1.807) is 0 Å². The molecule has 0 saturated carbocycles. The molecule has 3 rings (SSSR count). The van der Waals surface area contributed by atoms with E-state index in [-0.39, 0.29) is 11.5 Å². The molecule has 1 aromatic heterocycles. The van der Waals surface area contributed by atoms with E-state index in [0.717, 1.165) is 23.5 Å². The number of aromatic nitrogens is 1. The van der Waals surface area contributed by atoms with Crippen LogP contribution in [0.3, 0.4) is 0 Å². The number of hydrogen-bond acceptors (Lipinski definition) is 3. The molecule has 1 aliphatic heterocycles. The zero-order valence-electron chi connectivity index (χ0n) is 11.3. The van der Waals surface area contributed by atoms with Gasteiger partial charge in [0.15, 0.2) is 5.58 Å². The van der Waals surface area contributed by atoms with Crippen LogP contribution in [0.2, 0.25) is 0 Å². The number of piperidine rings is 1. The maximum absolute atomic E-state index is 5.92. The van der Waals surface area contributed by atoms with Gasteiger partial charge in [-0.15, -0.1) is 0 Å². The highest BCUT2D eigenvalue weighted by Gasteiger charge is 2.36. The zero-order chi connectivity index (χ0) is 12.8. The first-order valence-corrected chi connectivity index (χ1v) is 6.67. The lowest BCUT2D eigenvalue weighted by Crippen LogP contribution is -2.39. The van der Waals surface area contributed by atoms with E-state index < -0.39 is 0 Å². The molecule has 1 aromatic carbocycles. The lowest BCUT2D eigenvalue weighted by molar-refractivity contribution is 0.157. The topological polar surface area (TPSA) is 38.1 Å². The van der Waals surface area contributed by atoms with Crippen molar-refractivity contribution in [2.45, 2.75) is 39.7 Å². The van der Waals surface area contributed by atoms with Gasteiger partial charge in [-0.1, -0.05) is 19.9 Å². The molecule has 0 aliphatic carbocycles. The van der Waals surface area contributed by atoms with Gasteiger partial charge >= 0.3 is 0 Å². The van der Waals surface area contributed by atoms with Crippen molar-refractivity contribution in [1.29, 1.82) is 0 Å². The number of fused-ring (bicyclic) bond motifs is 1. The third kappa shape index (κ3) is 1.93. The van der Waals surface area contributed by atoms with Crippen LogP contribution in [0.4, 0.5) is 0 Å². The van der Waals surface area contributed by atoms with Crippen molar-refractivity contribution >= 4 is 11.1 Å². The van der Waals surface area contributed by atoms with E-state index in [2.05, 4.69) is 43.2 Å². The molecule has 0 amide bonds. The number of oxazole rings is 1. The third-order valence-electron chi connectivity index (χ3n) is 3.93. The van der Waals surface area contributed by atoms with E-state index >= 15 is 0 Å². The summed E-state index contributed by atoms with van der Waals surface area (Å²) in [4.78, 5) is 4.66. The molecule has 18 heavy (non-hydrogen) atoms. The number of rotatable bonds is 1. The minimum atomic E-state index is 0.203. The molecule has 0 radical (unpaired) electrons. The average Bonchev–Trinajstić information content (AvgIpc) is 2.70. The Bertz CT molecular complexity index is 571. The molecule has 1 atom stereocenters. The summed E-state index contributed by atoms with van der Waals surface area (Å²) in [7, 11) is 0. The summed E-state index contributed by atoms with van der Waals surface area (Å²) < 4.78 is 5.92. The van der Waals surface area contributed by atoms with Crippen LogP contribution >= 0.6 is 0 Å². The fourth-order valence-electron chi connectivity index (χ4n) is 2.81. The highest BCUT2D eigenvalue weighted by Crippen LogP contribution is 2.40.